The molecule has 0 spiro atoms. The third kappa shape index (κ3) is 6.56. The predicted molar refractivity (Wildman–Crippen MR) is 318 cm³/mol. The molecule has 16 rings (SSSR count). The Hall–Kier alpha value is -9.12. The van der Waals surface area contributed by atoms with Crippen molar-refractivity contribution in [1.29, 1.82) is 0 Å². The Balaban J connectivity index is 1.07. The highest BCUT2D eigenvalue weighted by molar-refractivity contribution is 6.33. The molecule has 4 nitrogen and oxygen atoms in total. The summed E-state index contributed by atoms with van der Waals surface area (Å²) in [5.41, 5.74) is 17.1. The second kappa shape index (κ2) is 17.2. The van der Waals surface area contributed by atoms with Gasteiger partial charge in [-0.15, -0.1) is 0 Å². The highest BCUT2D eigenvalue weighted by Gasteiger charge is 2.38. The van der Waals surface area contributed by atoms with Gasteiger partial charge in [0, 0.05) is 55.2 Å². The van der Waals surface area contributed by atoms with Gasteiger partial charge < -0.3 is 19.0 Å². The topological polar surface area (TPSA) is 28.9 Å². The van der Waals surface area contributed by atoms with E-state index in [1.807, 2.05) is 0 Å². The number of aryl methyl sites for hydroxylation is 1. The Morgan fingerprint density at radius 1 is 0.447 bits per heavy atom. The van der Waals surface area contributed by atoms with Gasteiger partial charge in [0.2, 0.25) is 0 Å². The van der Waals surface area contributed by atoms with Crippen molar-refractivity contribution < 1.29 is 9.15 Å². The van der Waals surface area contributed by atoms with Crippen LogP contribution in [0.1, 0.15) is 54.7 Å². The van der Waals surface area contributed by atoms with Crippen LogP contribution in [0.25, 0.3) is 93.4 Å². The van der Waals surface area contributed by atoms with Crippen LogP contribution in [0.5, 0.6) is 5.75 Å². The van der Waals surface area contributed by atoms with Crippen molar-refractivity contribution >= 4 is 99.5 Å². The number of hydrogen-bond acceptors (Lipinski definition) is 4. The van der Waals surface area contributed by atoms with E-state index in [-0.39, 0.29) is 6.10 Å². The minimum Gasteiger partial charge on any atom is -0.483 e. The van der Waals surface area contributed by atoms with Gasteiger partial charge in [-0.25, -0.2) is 0 Å². The lowest BCUT2D eigenvalue weighted by molar-refractivity contribution is 0.245. The number of hydrogen-bond donors (Lipinski definition) is 0. The first-order valence-electron chi connectivity index (χ1n) is 27.2. The molecular weight excluding hydrogens is 925 g/mol. The van der Waals surface area contributed by atoms with E-state index in [0.717, 1.165) is 106 Å². The molecule has 362 valence electrons. The normalized spacial score (nSPS) is 16.7. The van der Waals surface area contributed by atoms with E-state index in [9.17, 15) is 0 Å². The third-order valence-corrected chi connectivity index (χ3v) is 16.9. The smallest absolute Gasteiger partial charge is 0.159 e. The number of rotatable bonds is 8. The van der Waals surface area contributed by atoms with Gasteiger partial charge in [-0.2, -0.15) is 0 Å². The van der Waals surface area contributed by atoms with Crippen LogP contribution in [-0.4, -0.2) is 6.10 Å². The molecule has 1 aliphatic heterocycles. The molecule has 11 aromatic carbocycles. The molecule has 76 heavy (non-hydrogen) atoms. The van der Waals surface area contributed by atoms with E-state index in [2.05, 4.69) is 240 Å². The zero-order valence-electron chi connectivity index (χ0n) is 42.0. The minimum atomic E-state index is 0.0334. The summed E-state index contributed by atoms with van der Waals surface area (Å²) >= 11 is 0. The van der Waals surface area contributed by atoms with E-state index in [1.165, 1.54) is 76.6 Å². The standard InChI is InChI=1S/C72H52N2O2/c1-3-23-47(24-4-1)73(63-35-17-33-57-53-29-11-13-37-67(53)75-71(57)63)65-43-61(51-31-15-21-45-19-7-9-27-49(45)51)55-40-42-60-66(44-62(56-39-41-59(65)69(55)70(56)60)52-32-16-22-46-20-8-10-28-50(46)52)74(48-25-5-2-6-26-48)64-36-18-34-58-54-30-12-14-38-68(54)76-72(58)64/h1,3-5,7,9-11,13-19,21-29,31-44,54,68H,2,6,8,12,20,30H2. The number of anilines is 5. The number of benzene rings is 11. The first kappa shape index (κ1) is 43.3. The lowest BCUT2D eigenvalue weighted by atomic mass is 9.82. The van der Waals surface area contributed by atoms with Gasteiger partial charge >= 0.3 is 0 Å². The Morgan fingerprint density at radius 2 is 1.13 bits per heavy atom. The summed E-state index contributed by atoms with van der Waals surface area (Å²) < 4.78 is 14.1. The van der Waals surface area contributed by atoms with Crippen LogP contribution in [0.3, 0.4) is 0 Å². The summed E-state index contributed by atoms with van der Waals surface area (Å²) in [5.74, 6) is 1.33. The van der Waals surface area contributed by atoms with Crippen LogP contribution in [0, 0.1) is 0 Å². The largest absolute Gasteiger partial charge is 0.483 e. The molecule has 0 saturated carbocycles. The molecular formula is C72H52N2O2. The maximum absolute atomic E-state index is 7.12. The fourth-order valence-corrected chi connectivity index (χ4v) is 13.5. The van der Waals surface area contributed by atoms with Gasteiger partial charge in [0.05, 0.1) is 22.7 Å². The number of furan rings is 1. The third-order valence-electron chi connectivity index (χ3n) is 16.9. The van der Waals surface area contributed by atoms with Crippen LogP contribution < -0.4 is 14.5 Å². The number of para-hydroxylation sites is 4. The minimum absolute atomic E-state index is 0.0334. The van der Waals surface area contributed by atoms with Crippen molar-refractivity contribution in [3.05, 3.63) is 247 Å². The van der Waals surface area contributed by atoms with Gasteiger partial charge in [0.25, 0.3) is 0 Å². The first-order valence-corrected chi connectivity index (χ1v) is 27.2. The average molecular weight is 977 g/mol. The molecule has 0 amide bonds. The Bertz CT molecular complexity index is 4470. The molecule has 4 aliphatic rings. The summed E-state index contributed by atoms with van der Waals surface area (Å²) in [6, 6.07) is 70.0. The molecule has 1 aromatic heterocycles. The second-order valence-electron chi connectivity index (χ2n) is 21.1. The number of allylic oxidation sites excluding steroid dienone is 5. The maximum atomic E-state index is 7.12. The molecule has 12 aromatic rings. The summed E-state index contributed by atoms with van der Waals surface area (Å²) in [7, 11) is 0. The van der Waals surface area contributed by atoms with Crippen LogP contribution in [0.4, 0.5) is 28.4 Å². The molecule has 2 unspecified atom stereocenters. The summed E-state index contributed by atoms with van der Waals surface area (Å²) in [6.07, 6.45) is 22.7. The van der Waals surface area contributed by atoms with E-state index in [1.54, 1.807) is 0 Å². The van der Waals surface area contributed by atoms with E-state index in [0.29, 0.717) is 5.92 Å². The molecule has 0 N–H and O–H groups in total. The summed E-state index contributed by atoms with van der Waals surface area (Å²) in [5, 5.41) is 11.9. The molecule has 4 heteroatoms. The number of fused-ring (bicyclic) bond motifs is 8. The SMILES string of the molecule is C1=CC(N(c2cccc3c2OC2C=CCCC32)c2cc(-c3cccc4c3C=CCC4)c3ccc4c(N(c5ccccc5)c5cccc6c5oc5ccccc56)cc(-c5cccc6ccccc56)c5ccc2c3c54)=CCC1. The maximum Gasteiger partial charge on any atom is 0.159 e. The zero-order chi connectivity index (χ0) is 49.8. The average Bonchev–Trinajstić information content (AvgIpc) is 4.11. The van der Waals surface area contributed by atoms with Crippen LogP contribution in [-0.2, 0) is 6.42 Å². The fourth-order valence-electron chi connectivity index (χ4n) is 13.5. The van der Waals surface area contributed by atoms with Gasteiger partial charge in [0.15, 0.2) is 5.58 Å². The highest BCUT2D eigenvalue weighted by atomic mass is 16.5. The molecule has 0 saturated heterocycles. The second-order valence-corrected chi connectivity index (χ2v) is 21.1. The van der Waals surface area contributed by atoms with Gasteiger partial charge in [-0.1, -0.05) is 176 Å². The van der Waals surface area contributed by atoms with Crippen molar-refractivity contribution in [2.24, 2.45) is 0 Å². The molecule has 3 aliphatic carbocycles. The monoisotopic (exact) mass is 976 g/mol. The van der Waals surface area contributed by atoms with E-state index >= 15 is 0 Å². The predicted octanol–water partition coefficient (Wildman–Crippen LogP) is 20.0. The highest BCUT2D eigenvalue weighted by Crippen LogP contribution is 2.56. The number of ether oxygens (including phenoxy) is 1. The Labute approximate surface area is 441 Å². The molecule has 2 heterocycles. The van der Waals surface area contributed by atoms with Gasteiger partial charge in [0.1, 0.15) is 17.4 Å². The lowest BCUT2D eigenvalue weighted by Crippen LogP contribution is -2.19. The molecule has 2 atom stereocenters. The Kier molecular flexibility index (Phi) is 9.81. The van der Waals surface area contributed by atoms with E-state index in [4.69, 9.17) is 9.15 Å². The van der Waals surface area contributed by atoms with Crippen LogP contribution in [0.15, 0.2) is 235 Å². The van der Waals surface area contributed by atoms with Crippen molar-refractivity contribution in [1.82, 2.24) is 0 Å². The summed E-state index contributed by atoms with van der Waals surface area (Å²) in [6.45, 7) is 0. The number of nitrogens with zero attached hydrogens (tertiary/aromatic N) is 2. The fraction of sp³-hybridized carbons (Fsp3) is 0.111. The van der Waals surface area contributed by atoms with Crippen molar-refractivity contribution in [2.75, 3.05) is 9.80 Å². The van der Waals surface area contributed by atoms with Crippen LogP contribution in [0.2, 0.25) is 0 Å². The quantitative estimate of drug-likeness (QED) is 0.112. The van der Waals surface area contributed by atoms with Gasteiger partial charge in [-0.05, 0) is 148 Å². The molecule has 0 fully saturated rings. The van der Waals surface area contributed by atoms with Crippen molar-refractivity contribution in [3.8, 4) is 28.0 Å². The van der Waals surface area contributed by atoms with E-state index < -0.39 is 0 Å². The van der Waals surface area contributed by atoms with Crippen molar-refractivity contribution in [3.63, 3.8) is 0 Å². The zero-order valence-corrected chi connectivity index (χ0v) is 42.0. The molecule has 0 bridgehead atoms. The lowest BCUT2D eigenvalue weighted by Gasteiger charge is -2.32. The molecule has 0 radical (unpaired) electrons. The summed E-state index contributed by atoms with van der Waals surface area (Å²) in [4.78, 5) is 5.00. The van der Waals surface area contributed by atoms with Crippen molar-refractivity contribution in [2.45, 2.75) is 50.5 Å². The first-order chi connectivity index (χ1) is 37.7. The Morgan fingerprint density at radius 3 is 1.99 bits per heavy atom. The van der Waals surface area contributed by atoms with Crippen LogP contribution >= 0.6 is 0 Å². The van der Waals surface area contributed by atoms with Gasteiger partial charge in [-0.3, -0.25) is 0 Å².